The molecule has 0 spiro atoms. The van der Waals surface area contributed by atoms with E-state index < -0.39 is 51.1 Å². The van der Waals surface area contributed by atoms with Crippen LogP contribution in [0.1, 0.15) is 168 Å². The highest BCUT2D eigenvalue weighted by Gasteiger charge is 2.28. The van der Waals surface area contributed by atoms with Gasteiger partial charge in [-0.3, -0.25) is 23.4 Å². The molecule has 3 atom stereocenters. The van der Waals surface area contributed by atoms with E-state index >= 15 is 0 Å². The van der Waals surface area contributed by atoms with Crippen molar-refractivity contribution in [1.29, 1.82) is 0 Å². The number of ether oxygens (including phenoxy) is 2. The van der Waals surface area contributed by atoms with E-state index in [0.29, 0.717) is 19.3 Å². The summed E-state index contributed by atoms with van der Waals surface area (Å²) in [7, 11) is -4.75. The Morgan fingerprint density at radius 2 is 0.935 bits per heavy atom. The van der Waals surface area contributed by atoms with Gasteiger partial charge in [-0.05, 0) is 83.5 Å². The van der Waals surface area contributed by atoms with Gasteiger partial charge in [0.05, 0.1) is 13.2 Å². The molecule has 4 N–H and O–H groups in total. The van der Waals surface area contributed by atoms with Gasteiger partial charge in [-0.2, -0.15) is 0 Å². The smallest absolute Gasteiger partial charge is 0.472 e. The lowest BCUT2D eigenvalue weighted by Crippen LogP contribution is -2.34. The minimum atomic E-state index is -4.75. The molecule has 0 aliphatic carbocycles. The lowest BCUT2D eigenvalue weighted by atomic mass is 10.1. The first-order valence-corrected chi connectivity index (χ1v) is 24.8. The molecule has 0 aliphatic rings. The third-order valence-corrected chi connectivity index (χ3v) is 10.3. The van der Waals surface area contributed by atoms with Crippen molar-refractivity contribution in [3.8, 4) is 0 Å². The number of phosphoric ester groups is 1. The lowest BCUT2D eigenvalue weighted by molar-refractivity contribution is -0.161. The van der Waals surface area contributed by atoms with Gasteiger partial charge in [0.2, 0.25) is 0 Å². The third kappa shape index (κ3) is 43.1. The first-order chi connectivity index (χ1) is 30.1. The number of carbonyl (C=O) groups is 3. The number of phosphoric acid groups is 1. The van der Waals surface area contributed by atoms with Crippen LogP contribution < -0.4 is 5.73 Å². The molecule has 0 heterocycles. The van der Waals surface area contributed by atoms with E-state index in [1.54, 1.807) is 0 Å². The summed E-state index contributed by atoms with van der Waals surface area (Å²) in [4.78, 5) is 46.0. The van der Waals surface area contributed by atoms with Crippen LogP contribution in [0.4, 0.5) is 0 Å². The quantitative estimate of drug-likeness (QED) is 0.0230. The van der Waals surface area contributed by atoms with E-state index in [2.05, 4.69) is 97.4 Å². The SMILES string of the molecule is CC/C=C/C/C=C/C/C=C/C/C=C/C/C=C/C/C=C/CCC(=O)O[C@H](COC(=O)CCCCCCCCCCC/C=C/C/C=C/CCCCC)COP(=O)(O)OC[C@H](N)C(=O)O. The lowest BCUT2D eigenvalue weighted by Gasteiger charge is -2.20. The Balaban J connectivity index is 4.46. The van der Waals surface area contributed by atoms with Crippen molar-refractivity contribution < 1.29 is 47.5 Å². The number of esters is 2. The number of aliphatic carboxylic acids is 1. The fourth-order valence-electron chi connectivity index (χ4n) is 5.71. The number of nitrogens with two attached hydrogens (primary N) is 1. The number of carbonyl (C=O) groups excluding carboxylic acids is 2. The molecule has 1 unspecified atom stereocenters. The van der Waals surface area contributed by atoms with Crippen molar-refractivity contribution in [2.75, 3.05) is 19.8 Å². The molecule has 352 valence electrons. The predicted octanol–water partition coefficient (Wildman–Crippen LogP) is 12.8. The topological polar surface area (TPSA) is 172 Å². The van der Waals surface area contributed by atoms with Crippen LogP contribution in [0, 0.1) is 0 Å². The molecule has 11 nitrogen and oxygen atoms in total. The maximum Gasteiger partial charge on any atom is 0.472 e. The summed E-state index contributed by atoms with van der Waals surface area (Å²) in [5, 5.41) is 8.90. The fraction of sp³-hybridized carbons (Fsp3) is 0.620. The predicted molar refractivity (Wildman–Crippen MR) is 253 cm³/mol. The van der Waals surface area contributed by atoms with Gasteiger partial charge in [0.15, 0.2) is 6.10 Å². The second kappa shape index (κ2) is 44.0. The maximum absolute atomic E-state index is 12.6. The molecule has 0 radical (unpaired) electrons. The molecule has 12 heteroatoms. The van der Waals surface area contributed by atoms with Gasteiger partial charge in [-0.1, -0.05) is 169 Å². The van der Waals surface area contributed by atoms with Crippen LogP contribution in [-0.4, -0.2) is 59.9 Å². The third-order valence-electron chi connectivity index (χ3n) is 9.33. The molecular formula is C50H82NO10P. The van der Waals surface area contributed by atoms with Gasteiger partial charge in [0.25, 0.3) is 0 Å². The monoisotopic (exact) mass is 888 g/mol. The number of hydrogen-bond donors (Lipinski definition) is 3. The van der Waals surface area contributed by atoms with Crippen LogP contribution in [0.2, 0.25) is 0 Å². The van der Waals surface area contributed by atoms with Gasteiger partial charge in [-0.25, -0.2) is 4.57 Å². The second-order valence-electron chi connectivity index (χ2n) is 15.1. The number of hydrogen-bond acceptors (Lipinski definition) is 9. The van der Waals surface area contributed by atoms with E-state index in [9.17, 15) is 23.8 Å². The number of carboxylic acid groups (broad SMARTS) is 1. The Morgan fingerprint density at radius 1 is 0.516 bits per heavy atom. The number of carboxylic acids is 1. The number of allylic oxidation sites excluding steroid dienone is 16. The summed E-state index contributed by atoms with van der Waals surface area (Å²) >= 11 is 0. The normalized spacial score (nSPS) is 14.5. The zero-order chi connectivity index (χ0) is 45.6. The van der Waals surface area contributed by atoms with Crippen LogP contribution in [0.5, 0.6) is 0 Å². The van der Waals surface area contributed by atoms with Crippen LogP contribution >= 0.6 is 7.82 Å². The standard InChI is InChI=1S/C50H82NO10P/c1-3-5-7-9-11-13-15-17-19-21-23-25-27-29-31-33-35-37-39-41-48(52)58-43-46(44-59-62(56,57)60-45-47(51)50(54)55)61-49(53)42-40-38-36-34-32-30-28-26-24-22-20-18-16-14-12-10-8-6-4-2/h6,8,11-14,17-20,24,26,30,32,36,38,46-47H,3-5,7,9-10,15-16,21-23,25,27-29,31,33-35,37,39-45,51H2,1-2H3,(H,54,55)(H,56,57)/b8-6+,13-11+,14-12+,19-17+,20-18+,26-24+,32-30+,38-36+/t46-,47+/m1/s1. The molecule has 0 amide bonds. The molecule has 62 heavy (non-hydrogen) atoms. The molecule has 0 bridgehead atoms. The van der Waals surface area contributed by atoms with Gasteiger partial charge in [0, 0.05) is 12.8 Å². The fourth-order valence-corrected chi connectivity index (χ4v) is 6.49. The van der Waals surface area contributed by atoms with Gasteiger partial charge in [-0.15, -0.1) is 0 Å². The van der Waals surface area contributed by atoms with Gasteiger partial charge >= 0.3 is 25.7 Å². The van der Waals surface area contributed by atoms with E-state index in [4.69, 9.17) is 24.8 Å². The van der Waals surface area contributed by atoms with Crippen LogP contribution in [0.15, 0.2) is 97.2 Å². The maximum atomic E-state index is 12.6. The molecule has 0 aromatic carbocycles. The Labute approximate surface area is 375 Å². The molecule has 0 saturated carbocycles. The minimum Gasteiger partial charge on any atom is -0.480 e. The summed E-state index contributed by atoms with van der Waals surface area (Å²) in [5.41, 5.74) is 5.34. The van der Waals surface area contributed by atoms with Crippen molar-refractivity contribution in [1.82, 2.24) is 0 Å². The zero-order valence-electron chi connectivity index (χ0n) is 38.2. The van der Waals surface area contributed by atoms with Crippen molar-refractivity contribution in [3.05, 3.63) is 97.2 Å². The Kier molecular flexibility index (Phi) is 41.5. The average Bonchev–Trinajstić information content (AvgIpc) is 3.25. The second-order valence-corrected chi connectivity index (χ2v) is 16.6. The minimum absolute atomic E-state index is 0.0298. The van der Waals surface area contributed by atoms with E-state index in [0.717, 1.165) is 64.2 Å². The summed E-state index contributed by atoms with van der Waals surface area (Å²) < 4.78 is 32.7. The molecule has 0 fully saturated rings. The Bertz CT molecular complexity index is 1410. The summed E-state index contributed by atoms with van der Waals surface area (Å²) in [6, 6.07) is -1.54. The largest absolute Gasteiger partial charge is 0.480 e. The van der Waals surface area contributed by atoms with Crippen molar-refractivity contribution in [2.45, 2.75) is 180 Å². The van der Waals surface area contributed by atoms with Crippen LogP contribution in [-0.2, 0) is 37.5 Å². The zero-order valence-corrected chi connectivity index (χ0v) is 39.1. The van der Waals surface area contributed by atoms with Crippen LogP contribution in [0.3, 0.4) is 0 Å². The van der Waals surface area contributed by atoms with Gasteiger partial charge in [0.1, 0.15) is 12.6 Å². The molecule has 0 aliphatic heterocycles. The number of rotatable bonds is 42. The van der Waals surface area contributed by atoms with E-state index in [-0.39, 0.29) is 19.4 Å². The highest BCUT2D eigenvalue weighted by atomic mass is 31.2. The van der Waals surface area contributed by atoms with Crippen molar-refractivity contribution >= 4 is 25.7 Å². The molecule has 0 aromatic rings. The number of unbranched alkanes of at least 4 members (excludes halogenated alkanes) is 12. The Hall–Kier alpha value is -3.60. The summed E-state index contributed by atoms with van der Waals surface area (Å²) in [6.45, 7) is 2.58. The van der Waals surface area contributed by atoms with Crippen LogP contribution in [0.25, 0.3) is 0 Å². The first-order valence-electron chi connectivity index (χ1n) is 23.3. The Morgan fingerprint density at radius 3 is 1.42 bits per heavy atom. The average molecular weight is 888 g/mol. The van der Waals surface area contributed by atoms with Crippen molar-refractivity contribution in [3.63, 3.8) is 0 Å². The summed E-state index contributed by atoms with van der Waals surface area (Å²) in [5.74, 6) is -2.50. The molecule has 0 saturated heterocycles. The first kappa shape index (κ1) is 58.4. The molecule has 0 aromatic heterocycles. The summed E-state index contributed by atoms with van der Waals surface area (Å²) in [6.07, 6.45) is 56.2. The van der Waals surface area contributed by atoms with E-state index in [1.807, 2.05) is 18.2 Å². The highest BCUT2D eigenvalue weighted by molar-refractivity contribution is 7.47. The van der Waals surface area contributed by atoms with E-state index in [1.165, 1.54) is 57.8 Å². The molecule has 0 rings (SSSR count). The van der Waals surface area contributed by atoms with Gasteiger partial charge < -0.3 is 25.2 Å². The van der Waals surface area contributed by atoms with Crippen molar-refractivity contribution in [2.24, 2.45) is 5.73 Å². The molecular weight excluding hydrogens is 806 g/mol. The highest BCUT2D eigenvalue weighted by Crippen LogP contribution is 2.43.